The molecule has 0 spiro atoms. The first-order valence-corrected chi connectivity index (χ1v) is 8.69. The summed E-state index contributed by atoms with van der Waals surface area (Å²) < 4.78 is 0. The Morgan fingerprint density at radius 1 is 1.39 bits per heavy atom. The zero-order valence-electron chi connectivity index (χ0n) is 14.2. The van der Waals surface area contributed by atoms with Crippen molar-refractivity contribution in [2.24, 2.45) is 0 Å². The second-order valence-electron chi connectivity index (χ2n) is 6.58. The quantitative estimate of drug-likeness (QED) is 0.866. The molecule has 4 nitrogen and oxygen atoms in total. The zero-order chi connectivity index (χ0) is 17.0. The molecule has 1 amide bonds. The molecule has 5 heteroatoms. The molecule has 0 radical (unpaired) electrons. The number of halogens is 1. The number of aliphatic hydroxyl groups excluding tert-OH is 1. The highest BCUT2D eigenvalue weighted by Crippen LogP contribution is 2.24. The van der Waals surface area contributed by atoms with Gasteiger partial charge in [0.05, 0.1) is 18.7 Å². The lowest BCUT2D eigenvalue weighted by Gasteiger charge is -2.30. The average molecular weight is 339 g/mol. The largest absolute Gasteiger partial charge is 0.393 e. The van der Waals surface area contributed by atoms with E-state index < -0.39 is 0 Å². The molecule has 0 aliphatic carbocycles. The van der Waals surface area contributed by atoms with Crippen LogP contribution in [0, 0.1) is 0 Å². The molecule has 1 saturated heterocycles. The van der Waals surface area contributed by atoms with Crippen LogP contribution in [0.1, 0.15) is 44.7 Å². The SMILES string of the molecule is CC(O)CC1CCCN1CC(=O)N(C)C(C)c1ccc(Cl)cc1. The van der Waals surface area contributed by atoms with Gasteiger partial charge in [0.25, 0.3) is 0 Å². The van der Waals surface area contributed by atoms with Gasteiger partial charge < -0.3 is 10.0 Å². The highest BCUT2D eigenvalue weighted by atomic mass is 35.5. The van der Waals surface area contributed by atoms with E-state index in [0.29, 0.717) is 17.6 Å². The van der Waals surface area contributed by atoms with Crippen LogP contribution in [-0.4, -0.2) is 53.1 Å². The van der Waals surface area contributed by atoms with E-state index >= 15 is 0 Å². The van der Waals surface area contributed by atoms with Crippen molar-refractivity contribution < 1.29 is 9.90 Å². The molecule has 1 heterocycles. The van der Waals surface area contributed by atoms with Gasteiger partial charge in [0.1, 0.15) is 0 Å². The van der Waals surface area contributed by atoms with Gasteiger partial charge in [0, 0.05) is 18.1 Å². The molecule has 1 aromatic carbocycles. The normalized spacial score (nSPS) is 21.2. The number of carbonyl (C=O) groups excluding carboxylic acids is 1. The van der Waals surface area contributed by atoms with Gasteiger partial charge in [-0.15, -0.1) is 0 Å². The van der Waals surface area contributed by atoms with Crippen LogP contribution in [0.15, 0.2) is 24.3 Å². The molecule has 1 aliphatic heterocycles. The molecule has 1 aromatic rings. The molecule has 3 atom stereocenters. The topological polar surface area (TPSA) is 43.8 Å². The molecule has 128 valence electrons. The summed E-state index contributed by atoms with van der Waals surface area (Å²) in [6, 6.07) is 7.96. The Morgan fingerprint density at radius 2 is 2.04 bits per heavy atom. The number of nitrogens with zero attached hydrogens (tertiary/aromatic N) is 2. The van der Waals surface area contributed by atoms with Gasteiger partial charge in [-0.05, 0) is 57.4 Å². The number of hydrogen-bond donors (Lipinski definition) is 1. The fourth-order valence-corrected chi connectivity index (χ4v) is 3.36. The Labute approximate surface area is 144 Å². The first-order chi connectivity index (χ1) is 10.9. The molecule has 1 fully saturated rings. The van der Waals surface area contributed by atoms with Crippen LogP contribution in [0.25, 0.3) is 0 Å². The van der Waals surface area contributed by atoms with Gasteiger partial charge in [-0.1, -0.05) is 23.7 Å². The molecular weight excluding hydrogens is 312 g/mol. The lowest BCUT2D eigenvalue weighted by molar-refractivity contribution is -0.133. The van der Waals surface area contributed by atoms with E-state index in [-0.39, 0.29) is 18.1 Å². The van der Waals surface area contributed by atoms with Crippen molar-refractivity contribution in [2.75, 3.05) is 20.1 Å². The van der Waals surface area contributed by atoms with Crippen LogP contribution in [0.4, 0.5) is 0 Å². The van der Waals surface area contributed by atoms with Crippen molar-refractivity contribution in [3.8, 4) is 0 Å². The molecule has 2 rings (SSSR count). The molecule has 1 aliphatic rings. The predicted molar refractivity (Wildman–Crippen MR) is 93.5 cm³/mol. The second kappa shape index (κ2) is 8.13. The van der Waals surface area contributed by atoms with Gasteiger partial charge in [-0.2, -0.15) is 0 Å². The molecule has 0 saturated carbocycles. The Bertz CT molecular complexity index is 518. The lowest BCUT2D eigenvalue weighted by Crippen LogP contribution is -2.42. The molecule has 23 heavy (non-hydrogen) atoms. The van der Waals surface area contributed by atoms with E-state index in [0.717, 1.165) is 31.4 Å². The van der Waals surface area contributed by atoms with Crippen LogP contribution < -0.4 is 0 Å². The Morgan fingerprint density at radius 3 is 2.65 bits per heavy atom. The third-order valence-electron chi connectivity index (χ3n) is 4.78. The summed E-state index contributed by atoms with van der Waals surface area (Å²) >= 11 is 5.92. The number of likely N-dealkylation sites (tertiary alicyclic amines) is 1. The number of likely N-dealkylation sites (N-methyl/N-ethyl adjacent to an activating group) is 1. The molecular formula is C18H27ClN2O2. The Balaban J connectivity index is 1.95. The van der Waals surface area contributed by atoms with Crippen molar-refractivity contribution in [1.82, 2.24) is 9.80 Å². The highest BCUT2D eigenvalue weighted by molar-refractivity contribution is 6.30. The van der Waals surface area contributed by atoms with Gasteiger partial charge in [0.15, 0.2) is 0 Å². The lowest BCUT2D eigenvalue weighted by atomic mass is 10.1. The standard InChI is InChI=1S/C18H27ClN2O2/c1-13(22)11-17-5-4-10-21(17)12-18(23)20(3)14(2)15-6-8-16(19)9-7-15/h6-9,13-14,17,22H,4-5,10-12H2,1-3H3. The maximum Gasteiger partial charge on any atom is 0.237 e. The number of benzene rings is 1. The maximum absolute atomic E-state index is 12.6. The van der Waals surface area contributed by atoms with E-state index in [4.69, 9.17) is 11.6 Å². The highest BCUT2D eigenvalue weighted by Gasteiger charge is 2.29. The number of rotatable bonds is 6. The number of carbonyl (C=O) groups is 1. The van der Waals surface area contributed by atoms with Crippen LogP contribution in [-0.2, 0) is 4.79 Å². The third-order valence-corrected chi connectivity index (χ3v) is 5.03. The van der Waals surface area contributed by atoms with Gasteiger partial charge in [0.2, 0.25) is 5.91 Å². The van der Waals surface area contributed by atoms with Gasteiger partial charge in [-0.3, -0.25) is 9.69 Å². The van der Waals surface area contributed by atoms with E-state index in [9.17, 15) is 9.90 Å². The predicted octanol–water partition coefficient (Wildman–Crippen LogP) is 3.09. The number of hydrogen-bond acceptors (Lipinski definition) is 3. The minimum Gasteiger partial charge on any atom is -0.393 e. The Hall–Kier alpha value is -1.10. The first-order valence-electron chi connectivity index (χ1n) is 8.31. The van der Waals surface area contributed by atoms with Crippen molar-refractivity contribution >= 4 is 17.5 Å². The summed E-state index contributed by atoms with van der Waals surface area (Å²) in [7, 11) is 1.85. The first kappa shape index (κ1) is 18.2. The van der Waals surface area contributed by atoms with Gasteiger partial charge >= 0.3 is 0 Å². The van der Waals surface area contributed by atoms with Crippen molar-refractivity contribution in [1.29, 1.82) is 0 Å². The number of aliphatic hydroxyl groups is 1. The summed E-state index contributed by atoms with van der Waals surface area (Å²) in [6.07, 6.45) is 2.58. The van der Waals surface area contributed by atoms with Gasteiger partial charge in [-0.25, -0.2) is 0 Å². The second-order valence-corrected chi connectivity index (χ2v) is 7.02. The Kier molecular flexibility index (Phi) is 6.45. The average Bonchev–Trinajstić information content (AvgIpc) is 2.92. The minimum atomic E-state index is -0.318. The third kappa shape index (κ3) is 4.93. The zero-order valence-corrected chi connectivity index (χ0v) is 15.0. The van der Waals surface area contributed by atoms with E-state index in [1.807, 2.05) is 45.2 Å². The summed E-state index contributed by atoms with van der Waals surface area (Å²) in [5, 5.41) is 10.3. The van der Waals surface area contributed by atoms with E-state index in [1.54, 1.807) is 4.90 Å². The van der Waals surface area contributed by atoms with E-state index in [2.05, 4.69) is 4.90 Å². The fraction of sp³-hybridized carbons (Fsp3) is 0.611. The van der Waals surface area contributed by atoms with Crippen molar-refractivity contribution in [2.45, 2.75) is 51.3 Å². The molecule has 0 bridgehead atoms. The molecule has 0 aromatic heterocycles. The summed E-state index contributed by atoms with van der Waals surface area (Å²) in [4.78, 5) is 16.6. The molecule has 1 N–H and O–H groups in total. The smallest absolute Gasteiger partial charge is 0.237 e. The van der Waals surface area contributed by atoms with Crippen molar-refractivity contribution in [3.63, 3.8) is 0 Å². The summed E-state index contributed by atoms with van der Waals surface area (Å²) in [5.41, 5.74) is 1.08. The fourth-order valence-electron chi connectivity index (χ4n) is 3.23. The number of amides is 1. The summed E-state index contributed by atoms with van der Waals surface area (Å²) in [5.74, 6) is 0.116. The van der Waals surface area contributed by atoms with Crippen LogP contribution in [0.2, 0.25) is 5.02 Å². The summed E-state index contributed by atoms with van der Waals surface area (Å²) in [6.45, 7) is 5.20. The maximum atomic E-state index is 12.6. The van der Waals surface area contributed by atoms with Crippen molar-refractivity contribution in [3.05, 3.63) is 34.9 Å². The van der Waals surface area contributed by atoms with E-state index in [1.165, 1.54) is 0 Å². The molecule has 3 unspecified atom stereocenters. The van der Waals surface area contributed by atoms with Crippen LogP contribution in [0.5, 0.6) is 0 Å². The van der Waals surface area contributed by atoms with Crippen LogP contribution >= 0.6 is 11.6 Å². The minimum absolute atomic E-state index is 0.0117. The van der Waals surface area contributed by atoms with Crippen LogP contribution in [0.3, 0.4) is 0 Å². The monoisotopic (exact) mass is 338 g/mol.